The summed E-state index contributed by atoms with van der Waals surface area (Å²) in [5, 5.41) is 11.1. The molecule has 1 amide bonds. The van der Waals surface area contributed by atoms with Crippen molar-refractivity contribution >= 4 is 11.7 Å². The average molecular weight is 356 g/mol. The molecule has 0 spiro atoms. The molecular weight excluding hydrogens is 332 g/mol. The minimum Gasteiger partial charge on any atom is -0.359 e. The largest absolute Gasteiger partial charge is 0.359 e. The normalized spacial score (nSPS) is 11.4. The lowest BCUT2D eigenvalue weighted by Crippen LogP contribution is -2.23. The Morgan fingerprint density at radius 1 is 1.35 bits per heavy atom. The first-order valence-corrected chi connectivity index (χ1v) is 8.81. The molecule has 3 aromatic heterocycles. The van der Waals surface area contributed by atoms with E-state index in [0.717, 1.165) is 29.1 Å². The van der Waals surface area contributed by atoms with Crippen molar-refractivity contribution < 1.29 is 9.32 Å². The molecule has 26 heavy (non-hydrogen) atoms. The van der Waals surface area contributed by atoms with Crippen LogP contribution < -0.4 is 5.32 Å². The monoisotopic (exact) mass is 356 g/mol. The summed E-state index contributed by atoms with van der Waals surface area (Å²) in [7, 11) is 0. The fraction of sp³-hybridized carbons (Fsp3) is 0.500. The molecule has 0 fully saturated rings. The highest BCUT2D eigenvalue weighted by atomic mass is 16.5. The maximum atomic E-state index is 12.2. The highest BCUT2D eigenvalue weighted by molar-refractivity contribution is 5.76. The van der Waals surface area contributed by atoms with Gasteiger partial charge in [-0.2, -0.15) is 10.1 Å². The number of nitrogens with one attached hydrogen (secondary N) is 1. The van der Waals surface area contributed by atoms with E-state index in [2.05, 4.69) is 39.4 Å². The predicted octanol–water partition coefficient (Wildman–Crippen LogP) is 2.18. The summed E-state index contributed by atoms with van der Waals surface area (Å²) in [5.41, 5.74) is 3.79. The number of fused-ring (bicyclic) bond motifs is 1. The number of rotatable bonds is 7. The second-order valence-corrected chi connectivity index (χ2v) is 6.89. The van der Waals surface area contributed by atoms with Gasteiger partial charge in [-0.25, -0.2) is 9.50 Å². The Bertz CT molecular complexity index is 912. The molecule has 0 unspecified atom stereocenters. The van der Waals surface area contributed by atoms with Gasteiger partial charge in [-0.1, -0.05) is 19.0 Å². The van der Waals surface area contributed by atoms with E-state index in [9.17, 15) is 4.79 Å². The Morgan fingerprint density at radius 3 is 2.92 bits per heavy atom. The van der Waals surface area contributed by atoms with Crippen molar-refractivity contribution in [2.24, 2.45) is 5.92 Å². The molecule has 8 heteroatoms. The number of carbonyl (C=O) groups is 1. The van der Waals surface area contributed by atoms with Crippen molar-refractivity contribution in [3.8, 4) is 0 Å². The van der Waals surface area contributed by atoms with Crippen LogP contribution in [0, 0.1) is 19.8 Å². The first-order chi connectivity index (χ1) is 12.4. The summed E-state index contributed by atoms with van der Waals surface area (Å²) in [5.74, 6) is 1.73. The van der Waals surface area contributed by atoms with E-state index in [4.69, 9.17) is 4.52 Å². The second kappa shape index (κ2) is 7.63. The zero-order valence-electron chi connectivity index (χ0n) is 15.6. The molecular formula is C18H24N6O2. The molecule has 0 aromatic carbocycles. The summed E-state index contributed by atoms with van der Waals surface area (Å²) in [4.78, 5) is 20.7. The Labute approximate surface area is 152 Å². The molecule has 0 aliphatic rings. The lowest BCUT2D eigenvalue weighted by molar-refractivity contribution is -0.121. The molecule has 3 rings (SSSR count). The summed E-state index contributed by atoms with van der Waals surface area (Å²) in [6, 6.07) is 1.90. The highest BCUT2D eigenvalue weighted by Crippen LogP contribution is 2.15. The Balaban J connectivity index is 1.55. The highest BCUT2D eigenvalue weighted by Gasteiger charge is 2.13. The number of amides is 1. The molecule has 0 aliphatic carbocycles. The lowest BCUT2D eigenvalue weighted by Gasteiger charge is -2.10. The maximum Gasteiger partial charge on any atom is 0.252 e. The van der Waals surface area contributed by atoms with Crippen molar-refractivity contribution in [2.45, 2.75) is 53.5 Å². The van der Waals surface area contributed by atoms with Gasteiger partial charge in [0.15, 0.2) is 5.76 Å². The summed E-state index contributed by atoms with van der Waals surface area (Å²) in [6.45, 7) is 8.51. The van der Waals surface area contributed by atoms with Gasteiger partial charge in [0.25, 0.3) is 5.78 Å². The van der Waals surface area contributed by atoms with E-state index in [0.29, 0.717) is 36.8 Å². The van der Waals surface area contributed by atoms with Crippen LogP contribution in [0.15, 0.2) is 16.9 Å². The standard InChI is InChI=1S/C18H24N6O2/c1-11(2)7-14-8-15(26-23-14)9-19-17(25)6-5-16-12(3)22-18-20-10-21-24(18)13(16)4/h8,10-11H,5-7,9H2,1-4H3,(H,19,25). The molecule has 0 radical (unpaired) electrons. The molecule has 1 N–H and O–H groups in total. The smallest absolute Gasteiger partial charge is 0.252 e. The lowest BCUT2D eigenvalue weighted by atomic mass is 10.1. The van der Waals surface area contributed by atoms with Gasteiger partial charge in [0.2, 0.25) is 5.91 Å². The molecule has 0 aliphatic heterocycles. The first-order valence-electron chi connectivity index (χ1n) is 8.81. The van der Waals surface area contributed by atoms with Gasteiger partial charge >= 0.3 is 0 Å². The molecule has 8 nitrogen and oxygen atoms in total. The third-order valence-electron chi connectivity index (χ3n) is 4.28. The summed E-state index contributed by atoms with van der Waals surface area (Å²) >= 11 is 0. The zero-order chi connectivity index (χ0) is 18.7. The van der Waals surface area contributed by atoms with Gasteiger partial charge < -0.3 is 9.84 Å². The number of aromatic nitrogens is 5. The van der Waals surface area contributed by atoms with Gasteiger partial charge in [0, 0.05) is 23.9 Å². The zero-order valence-corrected chi connectivity index (χ0v) is 15.6. The van der Waals surface area contributed by atoms with Crippen molar-refractivity contribution in [3.63, 3.8) is 0 Å². The number of hydrogen-bond donors (Lipinski definition) is 1. The van der Waals surface area contributed by atoms with Crippen LogP contribution in [-0.4, -0.2) is 30.6 Å². The quantitative estimate of drug-likeness (QED) is 0.697. The van der Waals surface area contributed by atoms with Crippen molar-refractivity contribution in [1.29, 1.82) is 0 Å². The molecule has 138 valence electrons. The molecule has 0 saturated carbocycles. The molecule has 0 bridgehead atoms. The predicted molar refractivity (Wildman–Crippen MR) is 95.5 cm³/mol. The topological polar surface area (TPSA) is 98.2 Å². The van der Waals surface area contributed by atoms with Crippen LogP contribution in [0.1, 0.15) is 48.7 Å². The van der Waals surface area contributed by atoms with Crippen LogP contribution in [0.4, 0.5) is 0 Å². The number of aryl methyl sites for hydroxylation is 2. The van der Waals surface area contributed by atoms with Crippen LogP contribution >= 0.6 is 0 Å². The van der Waals surface area contributed by atoms with Crippen molar-refractivity contribution in [2.75, 3.05) is 0 Å². The third-order valence-corrected chi connectivity index (χ3v) is 4.28. The fourth-order valence-corrected chi connectivity index (χ4v) is 2.98. The van der Waals surface area contributed by atoms with Crippen LogP contribution in [0.2, 0.25) is 0 Å². The van der Waals surface area contributed by atoms with E-state index in [1.807, 2.05) is 19.9 Å². The third kappa shape index (κ3) is 4.07. The van der Waals surface area contributed by atoms with Gasteiger partial charge in [-0.3, -0.25) is 4.79 Å². The minimum atomic E-state index is -0.0377. The van der Waals surface area contributed by atoms with E-state index in [-0.39, 0.29) is 5.91 Å². The van der Waals surface area contributed by atoms with Crippen LogP contribution in [0.5, 0.6) is 0 Å². The van der Waals surface area contributed by atoms with Gasteiger partial charge in [-0.05, 0) is 38.2 Å². The number of carbonyl (C=O) groups excluding carboxylic acids is 1. The van der Waals surface area contributed by atoms with E-state index < -0.39 is 0 Å². The Kier molecular flexibility index (Phi) is 5.29. The molecule has 3 aromatic rings. The van der Waals surface area contributed by atoms with E-state index >= 15 is 0 Å². The van der Waals surface area contributed by atoms with Crippen molar-refractivity contribution in [3.05, 3.63) is 40.8 Å². The number of hydrogen-bond acceptors (Lipinski definition) is 6. The van der Waals surface area contributed by atoms with Crippen molar-refractivity contribution in [1.82, 2.24) is 30.1 Å². The van der Waals surface area contributed by atoms with Gasteiger partial charge in [0.1, 0.15) is 6.33 Å². The SMILES string of the molecule is Cc1nc2ncnn2c(C)c1CCC(=O)NCc1cc(CC(C)C)no1. The van der Waals surface area contributed by atoms with E-state index in [1.165, 1.54) is 6.33 Å². The molecule has 3 heterocycles. The second-order valence-electron chi connectivity index (χ2n) is 6.89. The Hall–Kier alpha value is -2.77. The molecule has 0 atom stereocenters. The maximum absolute atomic E-state index is 12.2. The van der Waals surface area contributed by atoms with Gasteiger partial charge in [-0.15, -0.1) is 0 Å². The first kappa shape index (κ1) is 18.0. The average Bonchev–Trinajstić information content (AvgIpc) is 3.21. The van der Waals surface area contributed by atoms with E-state index in [1.54, 1.807) is 4.52 Å². The van der Waals surface area contributed by atoms with Crippen LogP contribution in [0.3, 0.4) is 0 Å². The van der Waals surface area contributed by atoms with Crippen LogP contribution in [0.25, 0.3) is 5.78 Å². The molecule has 0 saturated heterocycles. The number of nitrogens with zero attached hydrogens (tertiary/aromatic N) is 5. The summed E-state index contributed by atoms with van der Waals surface area (Å²) in [6.07, 6.45) is 3.32. The van der Waals surface area contributed by atoms with Gasteiger partial charge in [0.05, 0.1) is 12.2 Å². The summed E-state index contributed by atoms with van der Waals surface area (Å²) < 4.78 is 6.96. The van der Waals surface area contributed by atoms with Crippen LogP contribution in [-0.2, 0) is 24.2 Å². The Morgan fingerprint density at radius 2 is 2.15 bits per heavy atom. The fourth-order valence-electron chi connectivity index (χ4n) is 2.98. The minimum absolute atomic E-state index is 0.0377.